The van der Waals surface area contributed by atoms with Crippen molar-refractivity contribution in [1.82, 2.24) is 20.3 Å². The van der Waals surface area contributed by atoms with E-state index in [1.807, 2.05) is 0 Å². The molecule has 0 atom stereocenters. The average molecular weight is 500 g/mol. The van der Waals surface area contributed by atoms with E-state index in [2.05, 4.69) is 20.3 Å². The third-order valence-corrected chi connectivity index (χ3v) is 6.21. The van der Waals surface area contributed by atoms with E-state index < -0.39 is 11.7 Å². The van der Waals surface area contributed by atoms with Crippen molar-refractivity contribution in [3.8, 4) is 27.7 Å². The molecule has 35 heavy (non-hydrogen) atoms. The monoisotopic (exact) mass is 499 g/mol. The number of hydrogen-bond acceptors (Lipinski definition) is 7. The maximum absolute atomic E-state index is 13.1. The van der Waals surface area contributed by atoms with E-state index >= 15 is 0 Å². The Morgan fingerprint density at radius 2 is 1.74 bits per heavy atom. The third kappa shape index (κ3) is 5.64. The Kier molecular flexibility index (Phi) is 7.08. The van der Waals surface area contributed by atoms with E-state index in [-0.39, 0.29) is 25.0 Å². The van der Waals surface area contributed by atoms with Crippen molar-refractivity contribution in [2.75, 3.05) is 7.11 Å². The Morgan fingerprint density at radius 1 is 1.03 bits per heavy atom. The molecule has 0 saturated heterocycles. The zero-order valence-electron chi connectivity index (χ0n) is 18.5. The summed E-state index contributed by atoms with van der Waals surface area (Å²) in [7, 11) is 1.47. The number of ether oxygens (including phenoxy) is 1. The number of hydrogen-bond donors (Lipinski definition) is 2. The summed E-state index contributed by atoms with van der Waals surface area (Å²) in [5.41, 5.74) is 8.09. The molecule has 0 aliphatic carbocycles. The lowest BCUT2D eigenvalue weighted by molar-refractivity contribution is -0.137. The number of benzene rings is 2. The van der Waals surface area contributed by atoms with Gasteiger partial charge < -0.3 is 15.8 Å². The van der Waals surface area contributed by atoms with Gasteiger partial charge in [-0.25, -0.2) is 15.0 Å². The average Bonchev–Trinajstić information content (AvgIpc) is 3.37. The molecule has 1 amide bonds. The fourth-order valence-electron chi connectivity index (χ4n) is 3.32. The first kappa shape index (κ1) is 24.3. The Labute approximate surface area is 202 Å². The maximum Gasteiger partial charge on any atom is 0.416 e. The predicted molar refractivity (Wildman–Crippen MR) is 126 cm³/mol. The molecule has 4 aromatic rings. The summed E-state index contributed by atoms with van der Waals surface area (Å²) < 4.78 is 44.4. The number of thiazole rings is 1. The second-order valence-electron chi connectivity index (χ2n) is 7.44. The molecule has 0 spiro atoms. The number of amides is 1. The van der Waals surface area contributed by atoms with Crippen molar-refractivity contribution in [3.63, 3.8) is 0 Å². The fourth-order valence-corrected chi connectivity index (χ4v) is 4.12. The minimum absolute atomic E-state index is 0.116. The molecule has 2 aromatic heterocycles. The minimum Gasteiger partial charge on any atom is -0.467 e. The summed E-state index contributed by atoms with van der Waals surface area (Å²) in [6.07, 6.45) is 0.163. The number of alkyl halides is 3. The zero-order chi connectivity index (χ0) is 25.0. The van der Waals surface area contributed by atoms with Crippen molar-refractivity contribution in [2.45, 2.75) is 19.3 Å². The van der Waals surface area contributed by atoms with Crippen LogP contribution in [0.3, 0.4) is 0 Å². The highest BCUT2D eigenvalue weighted by Crippen LogP contribution is 2.34. The van der Waals surface area contributed by atoms with Crippen LogP contribution in [0, 0.1) is 0 Å². The van der Waals surface area contributed by atoms with Crippen molar-refractivity contribution in [2.24, 2.45) is 5.73 Å². The smallest absolute Gasteiger partial charge is 0.416 e. The van der Waals surface area contributed by atoms with Gasteiger partial charge >= 0.3 is 12.2 Å². The number of halogens is 3. The van der Waals surface area contributed by atoms with E-state index in [1.54, 1.807) is 36.7 Å². The summed E-state index contributed by atoms with van der Waals surface area (Å²) in [4.78, 5) is 25.3. The van der Waals surface area contributed by atoms with E-state index in [4.69, 9.17) is 10.5 Å². The van der Waals surface area contributed by atoms with Gasteiger partial charge in [-0.05, 0) is 34.4 Å². The SMILES string of the molecule is COc1ncc(-c2ncc(C(=O)NCc3ccc(-c4cc(C(F)(F)F)ccc4CN)cc3)s2)cn1. The van der Waals surface area contributed by atoms with Crippen molar-refractivity contribution in [1.29, 1.82) is 0 Å². The van der Waals surface area contributed by atoms with Crippen molar-refractivity contribution >= 4 is 17.2 Å². The number of aromatic nitrogens is 3. The molecule has 0 unspecified atom stereocenters. The van der Waals surface area contributed by atoms with Crippen LogP contribution < -0.4 is 15.8 Å². The fraction of sp³-hybridized carbons (Fsp3) is 0.167. The van der Waals surface area contributed by atoms with Crippen molar-refractivity contribution < 1.29 is 22.7 Å². The highest BCUT2D eigenvalue weighted by Gasteiger charge is 2.31. The van der Waals surface area contributed by atoms with Crippen LogP contribution in [0.15, 0.2) is 61.1 Å². The first-order valence-electron chi connectivity index (χ1n) is 10.4. The Bertz CT molecular complexity index is 1320. The molecule has 0 saturated carbocycles. The number of nitrogens with zero attached hydrogens (tertiary/aromatic N) is 3. The van der Waals surface area contributed by atoms with Crippen LogP contribution in [-0.4, -0.2) is 28.0 Å². The van der Waals surface area contributed by atoms with Crippen LogP contribution in [0.1, 0.15) is 26.4 Å². The Balaban J connectivity index is 1.43. The molecule has 0 radical (unpaired) electrons. The predicted octanol–water partition coefficient (Wildman–Crippen LogP) is 4.68. The summed E-state index contributed by atoms with van der Waals surface area (Å²) in [5.74, 6) is -0.296. The van der Waals surface area contributed by atoms with Crippen LogP contribution in [0.5, 0.6) is 6.01 Å². The van der Waals surface area contributed by atoms with Gasteiger partial charge in [0, 0.05) is 31.0 Å². The summed E-state index contributed by atoms with van der Waals surface area (Å²) in [5, 5.41) is 3.42. The van der Waals surface area contributed by atoms with Gasteiger partial charge in [-0.3, -0.25) is 4.79 Å². The summed E-state index contributed by atoms with van der Waals surface area (Å²) in [6, 6.07) is 10.7. The summed E-state index contributed by atoms with van der Waals surface area (Å²) in [6.45, 7) is 0.356. The molecule has 0 fully saturated rings. The number of carbonyl (C=O) groups excluding carboxylic acids is 1. The minimum atomic E-state index is -4.44. The number of nitrogens with two attached hydrogens (primary N) is 1. The number of nitrogens with one attached hydrogen (secondary N) is 1. The van der Waals surface area contributed by atoms with Gasteiger partial charge in [-0.2, -0.15) is 13.2 Å². The van der Waals surface area contributed by atoms with Gasteiger partial charge in [0.1, 0.15) is 9.88 Å². The first-order chi connectivity index (χ1) is 16.8. The molecule has 2 heterocycles. The topological polar surface area (TPSA) is 103 Å². The van der Waals surface area contributed by atoms with E-state index in [1.165, 1.54) is 30.7 Å². The van der Waals surface area contributed by atoms with Gasteiger partial charge in [0.25, 0.3) is 5.91 Å². The van der Waals surface area contributed by atoms with Crippen molar-refractivity contribution in [3.05, 3.63) is 82.6 Å². The van der Waals surface area contributed by atoms with Gasteiger partial charge in [-0.1, -0.05) is 30.3 Å². The largest absolute Gasteiger partial charge is 0.467 e. The lowest BCUT2D eigenvalue weighted by atomic mass is 9.96. The number of carbonyl (C=O) groups is 1. The van der Waals surface area contributed by atoms with E-state index in [0.29, 0.717) is 32.1 Å². The molecule has 0 aliphatic heterocycles. The normalized spacial score (nSPS) is 11.3. The quantitative estimate of drug-likeness (QED) is 0.383. The standard InChI is InChI=1S/C24H20F3N5O2S/c1-34-23-31-11-17(12-32-23)22-30-13-20(35-22)21(33)29-10-14-2-4-15(5-3-14)19-8-18(24(25,26)27)7-6-16(19)9-28/h2-8,11-13H,9-10,28H2,1H3,(H,29,33). The number of methoxy groups -OCH3 is 1. The molecule has 0 aliphatic rings. The van der Waals surface area contributed by atoms with Crippen LogP contribution in [0.4, 0.5) is 13.2 Å². The van der Waals surface area contributed by atoms with Gasteiger partial charge in [0.15, 0.2) is 0 Å². The lowest BCUT2D eigenvalue weighted by Gasteiger charge is -2.13. The second-order valence-corrected chi connectivity index (χ2v) is 8.47. The molecular formula is C24H20F3N5O2S. The van der Waals surface area contributed by atoms with Gasteiger partial charge in [-0.15, -0.1) is 11.3 Å². The lowest BCUT2D eigenvalue weighted by Crippen LogP contribution is -2.21. The molecule has 11 heteroatoms. The molecule has 4 rings (SSSR count). The zero-order valence-corrected chi connectivity index (χ0v) is 19.3. The van der Waals surface area contributed by atoms with Gasteiger partial charge in [0.05, 0.1) is 18.9 Å². The third-order valence-electron chi connectivity index (χ3n) is 5.16. The highest BCUT2D eigenvalue weighted by atomic mass is 32.1. The van der Waals surface area contributed by atoms with E-state index in [0.717, 1.165) is 17.7 Å². The van der Waals surface area contributed by atoms with Crippen LogP contribution in [0.25, 0.3) is 21.7 Å². The molecule has 2 aromatic carbocycles. The highest BCUT2D eigenvalue weighted by molar-refractivity contribution is 7.16. The first-order valence-corrected chi connectivity index (χ1v) is 11.2. The van der Waals surface area contributed by atoms with E-state index in [9.17, 15) is 18.0 Å². The second kappa shape index (κ2) is 10.2. The summed E-state index contributed by atoms with van der Waals surface area (Å²) >= 11 is 1.20. The maximum atomic E-state index is 13.1. The molecule has 0 bridgehead atoms. The van der Waals surface area contributed by atoms with Crippen LogP contribution >= 0.6 is 11.3 Å². The van der Waals surface area contributed by atoms with Crippen LogP contribution in [-0.2, 0) is 19.3 Å². The Hall–Kier alpha value is -3.83. The van der Waals surface area contributed by atoms with Crippen LogP contribution in [0.2, 0.25) is 0 Å². The number of rotatable bonds is 7. The molecular weight excluding hydrogens is 479 g/mol. The Morgan fingerprint density at radius 3 is 2.37 bits per heavy atom. The molecule has 180 valence electrons. The molecule has 3 N–H and O–H groups in total. The van der Waals surface area contributed by atoms with Gasteiger partial charge in [0.2, 0.25) is 0 Å². The molecule has 7 nitrogen and oxygen atoms in total.